The maximum absolute atomic E-state index is 5.91. The number of thiophene rings is 1. The van der Waals surface area contributed by atoms with Crippen molar-refractivity contribution in [3.8, 4) is 16.2 Å². The predicted molar refractivity (Wildman–Crippen MR) is 106 cm³/mol. The van der Waals surface area contributed by atoms with Crippen molar-refractivity contribution in [2.24, 2.45) is 0 Å². The fourth-order valence-corrected chi connectivity index (χ4v) is 4.28. The maximum atomic E-state index is 5.91. The third-order valence-corrected chi connectivity index (χ3v) is 5.77. The molecule has 25 heavy (non-hydrogen) atoms. The standard InChI is InChI=1S/C22H23NOS/c1-2-5-17(6-3-1)15-21-12-13-22(25-21)18-8-10-20(11-9-18)24-16-19-7-4-14-23-19/h1-3,5-6,8-13,19,23H,4,7,14-16H2. The SMILES string of the molecule is c1ccc(Cc2ccc(-c3ccc(OCC4CCCN4)cc3)s2)cc1. The zero-order chi connectivity index (χ0) is 16.9. The molecule has 1 unspecified atom stereocenters. The quantitative estimate of drug-likeness (QED) is 0.665. The summed E-state index contributed by atoms with van der Waals surface area (Å²) in [6, 6.07) is 24.1. The van der Waals surface area contributed by atoms with Crippen molar-refractivity contribution in [3.63, 3.8) is 0 Å². The molecule has 0 saturated carbocycles. The Balaban J connectivity index is 1.38. The van der Waals surface area contributed by atoms with Gasteiger partial charge in [-0.05, 0) is 66.9 Å². The van der Waals surface area contributed by atoms with Crippen LogP contribution in [0.5, 0.6) is 5.75 Å². The Hall–Kier alpha value is -2.10. The van der Waals surface area contributed by atoms with Gasteiger partial charge in [0.25, 0.3) is 0 Å². The second kappa shape index (κ2) is 7.85. The zero-order valence-corrected chi connectivity index (χ0v) is 15.1. The van der Waals surface area contributed by atoms with Crippen molar-refractivity contribution >= 4 is 11.3 Å². The van der Waals surface area contributed by atoms with Gasteiger partial charge in [-0.3, -0.25) is 0 Å². The van der Waals surface area contributed by atoms with Crippen LogP contribution in [-0.2, 0) is 6.42 Å². The van der Waals surface area contributed by atoms with Gasteiger partial charge in [-0.2, -0.15) is 0 Å². The molecule has 1 fully saturated rings. The molecule has 3 aromatic rings. The van der Waals surface area contributed by atoms with Crippen LogP contribution < -0.4 is 10.1 Å². The van der Waals surface area contributed by atoms with Gasteiger partial charge in [0.1, 0.15) is 12.4 Å². The van der Waals surface area contributed by atoms with E-state index < -0.39 is 0 Å². The minimum absolute atomic E-state index is 0.512. The number of rotatable bonds is 6. The predicted octanol–water partition coefficient (Wildman–Crippen LogP) is 5.14. The molecular weight excluding hydrogens is 326 g/mol. The van der Waals surface area contributed by atoms with E-state index in [1.165, 1.54) is 33.7 Å². The maximum Gasteiger partial charge on any atom is 0.119 e. The van der Waals surface area contributed by atoms with Gasteiger partial charge >= 0.3 is 0 Å². The molecule has 0 bridgehead atoms. The third kappa shape index (κ3) is 4.30. The van der Waals surface area contributed by atoms with Gasteiger partial charge in [-0.1, -0.05) is 30.3 Å². The van der Waals surface area contributed by atoms with Gasteiger partial charge in [0.05, 0.1) is 0 Å². The summed E-state index contributed by atoms with van der Waals surface area (Å²) in [6.07, 6.45) is 3.48. The largest absolute Gasteiger partial charge is 0.492 e. The zero-order valence-electron chi connectivity index (χ0n) is 14.3. The van der Waals surface area contributed by atoms with Crippen molar-refractivity contribution in [2.75, 3.05) is 13.2 Å². The van der Waals surface area contributed by atoms with Crippen LogP contribution in [0.25, 0.3) is 10.4 Å². The highest BCUT2D eigenvalue weighted by molar-refractivity contribution is 7.15. The molecule has 1 aliphatic heterocycles. The highest BCUT2D eigenvalue weighted by atomic mass is 32.1. The molecule has 0 spiro atoms. The first kappa shape index (κ1) is 16.4. The Kier molecular flexibility index (Phi) is 5.14. The summed E-state index contributed by atoms with van der Waals surface area (Å²) in [5, 5.41) is 3.46. The molecular formula is C22H23NOS. The second-order valence-electron chi connectivity index (χ2n) is 6.56. The molecule has 2 nitrogen and oxygen atoms in total. The van der Waals surface area contributed by atoms with Gasteiger partial charge in [0, 0.05) is 22.2 Å². The van der Waals surface area contributed by atoms with Crippen LogP contribution in [-0.4, -0.2) is 19.2 Å². The smallest absolute Gasteiger partial charge is 0.119 e. The molecule has 2 heterocycles. The molecule has 1 N–H and O–H groups in total. The van der Waals surface area contributed by atoms with E-state index >= 15 is 0 Å². The van der Waals surface area contributed by atoms with Crippen LogP contribution in [0.15, 0.2) is 66.7 Å². The van der Waals surface area contributed by atoms with Crippen LogP contribution in [0.2, 0.25) is 0 Å². The monoisotopic (exact) mass is 349 g/mol. The van der Waals surface area contributed by atoms with Crippen LogP contribution >= 0.6 is 11.3 Å². The average molecular weight is 349 g/mol. The van der Waals surface area contributed by atoms with Crippen molar-refractivity contribution in [1.82, 2.24) is 5.32 Å². The van der Waals surface area contributed by atoms with E-state index in [4.69, 9.17) is 4.74 Å². The Morgan fingerprint density at radius 3 is 2.56 bits per heavy atom. The molecule has 128 valence electrons. The minimum Gasteiger partial charge on any atom is -0.492 e. The lowest BCUT2D eigenvalue weighted by Gasteiger charge is -2.12. The summed E-state index contributed by atoms with van der Waals surface area (Å²) in [4.78, 5) is 2.71. The van der Waals surface area contributed by atoms with Gasteiger partial charge in [-0.15, -0.1) is 11.3 Å². The average Bonchev–Trinajstić information content (AvgIpc) is 3.33. The summed E-state index contributed by atoms with van der Waals surface area (Å²) in [5.74, 6) is 0.957. The van der Waals surface area contributed by atoms with E-state index in [1.807, 2.05) is 11.3 Å². The van der Waals surface area contributed by atoms with Crippen molar-refractivity contribution < 1.29 is 4.74 Å². The summed E-state index contributed by atoms with van der Waals surface area (Å²) in [7, 11) is 0. The number of ether oxygens (including phenoxy) is 1. The molecule has 1 atom stereocenters. The first-order chi connectivity index (χ1) is 12.4. The Morgan fingerprint density at radius 1 is 0.960 bits per heavy atom. The van der Waals surface area contributed by atoms with E-state index in [-0.39, 0.29) is 0 Å². The fraction of sp³-hybridized carbons (Fsp3) is 0.273. The second-order valence-corrected chi connectivity index (χ2v) is 7.73. The summed E-state index contributed by atoms with van der Waals surface area (Å²) in [5.41, 5.74) is 2.62. The first-order valence-corrected chi connectivity index (χ1v) is 9.78. The minimum atomic E-state index is 0.512. The van der Waals surface area contributed by atoms with E-state index in [0.717, 1.165) is 25.3 Å². The summed E-state index contributed by atoms with van der Waals surface area (Å²) >= 11 is 1.87. The van der Waals surface area contributed by atoms with Crippen LogP contribution in [0.3, 0.4) is 0 Å². The van der Waals surface area contributed by atoms with Crippen LogP contribution in [0.1, 0.15) is 23.3 Å². The van der Waals surface area contributed by atoms with Gasteiger partial charge in [0.15, 0.2) is 0 Å². The first-order valence-electron chi connectivity index (χ1n) is 8.96. The van der Waals surface area contributed by atoms with Crippen LogP contribution in [0.4, 0.5) is 0 Å². The summed E-state index contributed by atoms with van der Waals surface area (Å²) < 4.78 is 5.91. The van der Waals surface area contributed by atoms with Crippen molar-refractivity contribution in [2.45, 2.75) is 25.3 Å². The molecule has 4 rings (SSSR count). The lowest BCUT2D eigenvalue weighted by Crippen LogP contribution is -2.28. The topological polar surface area (TPSA) is 21.3 Å². The van der Waals surface area contributed by atoms with Crippen molar-refractivity contribution in [1.29, 1.82) is 0 Å². The molecule has 3 heteroatoms. The van der Waals surface area contributed by atoms with E-state index in [9.17, 15) is 0 Å². The highest BCUT2D eigenvalue weighted by Gasteiger charge is 2.14. The van der Waals surface area contributed by atoms with Gasteiger partial charge in [-0.25, -0.2) is 0 Å². The molecule has 0 aliphatic carbocycles. The Morgan fingerprint density at radius 2 is 1.80 bits per heavy atom. The van der Waals surface area contributed by atoms with Gasteiger partial charge < -0.3 is 10.1 Å². The molecule has 0 amide bonds. The van der Waals surface area contributed by atoms with Crippen LogP contribution in [0, 0.1) is 0 Å². The molecule has 0 radical (unpaired) electrons. The number of nitrogens with one attached hydrogen (secondary N) is 1. The van der Waals surface area contributed by atoms with Gasteiger partial charge in [0.2, 0.25) is 0 Å². The Bertz CT molecular complexity index is 788. The molecule has 1 aliphatic rings. The molecule has 1 aromatic heterocycles. The van der Waals surface area contributed by atoms with E-state index in [0.29, 0.717) is 6.04 Å². The molecule has 2 aromatic carbocycles. The Labute approximate surface area is 153 Å². The van der Waals surface area contributed by atoms with Crippen molar-refractivity contribution in [3.05, 3.63) is 77.2 Å². The lowest BCUT2D eigenvalue weighted by molar-refractivity contribution is 0.277. The fourth-order valence-electron chi connectivity index (χ4n) is 3.24. The number of benzene rings is 2. The number of hydrogen-bond donors (Lipinski definition) is 1. The lowest BCUT2D eigenvalue weighted by atomic mass is 10.1. The van der Waals surface area contributed by atoms with E-state index in [2.05, 4.69) is 72.0 Å². The normalized spacial score (nSPS) is 16.9. The summed E-state index contributed by atoms with van der Waals surface area (Å²) in [6.45, 7) is 1.89. The van der Waals surface area contributed by atoms with E-state index in [1.54, 1.807) is 0 Å². The number of hydrogen-bond acceptors (Lipinski definition) is 3. The highest BCUT2D eigenvalue weighted by Crippen LogP contribution is 2.30. The third-order valence-electron chi connectivity index (χ3n) is 4.64. The molecule has 1 saturated heterocycles.